The zero-order chi connectivity index (χ0) is 19.7. The van der Waals surface area contributed by atoms with Crippen molar-refractivity contribution in [2.75, 3.05) is 14.2 Å². The summed E-state index contributed by atoms with van der Waals surface area (Å²) in [7, 11) is 3.22. The molecule has 0 fully saturated rings. The summed E-state index contributed by atoms with van der Waals surface area (Å²) in [6, 6.07) is 10.9. The summed E-state index contributed by atoms with van der Waals surface area (Å²) >= 11 is 13.7. The van der Waals surface area contributed by atoms with Crippen molar-refractivity contribution in [1.29, 1.82) is 0 Å². The van der Waals surface area contributed by atoms with Gasteiger partial charge >= 0.3 is 0 Å². The van der Waals surface area contributed by atoms with Crippen LogP contribution >= 0.6 is 34.5 Å². The first-order chi connectivity index (χ1) is 13.6. The van der Waals surface area contributed by atoms with Gasteiger partial charge in [-0.3, -0.25) is 0 Å². The van der Waals surface area contributed by atoms with E-state index in [1.165, 1.54) is 11.3 Å². The molecule has 2 aromatic carbocycles. The van der Waals surface area contributed by atoms with Gasteiger partial charge in [-0.1, -0.05) is 46.7 Å². The van der Waals surface area contributed by atoms with E-state index in [0.717, 1.165) is 16.1 Å². The van der Waals surface area contributed by atoms with E-state index in [9.17, 15) is 0 Å². The molecule has 0 aliphatic carbocycles. The van der Waals surface area contributed by atoms with Crippen LogP contribution < -0.4 is 9.47 Å². The summed E-state index contributed by atoms with van der Waals surface area (Å²) in [5.74, 6) is 1.92. The monoisotopic (exact) mass is 432 g/mol. The van der Waals surface area contributed by atoms with Crippen LogP contribution in [0.25, 0.3) is 28.5 Å². The van der Waals surface area contributed by atoms with E-state index in [-0.39, 0.29) is 0 Å². The lowest BCUT2D eigenvalue weighted by Crippen LogP contribution is -1.91. The molecule has 0 radical (unpaired) electrons. The predicted octanol–water partition coefficient (Wildman–Crippen LogP) is 5.35. The molecular formula is C19H14Cl2N4O2S. The normalized spacial score (nSPS) is 11.4. The third-order valence-corrected chi connectivity index (χ3v) is 5.42. The third kappa shape index (κ3) is 3.56. The molecule has 0 saturated heterocycles. The molecule has 0 atom stereocenters. The largest absolute Gasteiger partial charge is 0.493 e. The van der Waals surface area contributed by atoms with Crippen molar-refractivity contribution in [2.45, 2.75) is 0 Å². The number of nitrogens with zero attached hydrogens (tertiary/aromatic N) is 4. The van der Waals surface area contributed by atoms with Crippen LogP contribution in [0, 0.1) is 0 Å². The molecule has 0 spiro atoms. The molecule has 0 bridgehead atoms. The summed E-state index contributed by atoms with van der Waals surface area (Å²) in [5, 5.41) is 14.8. The number of hydrogen-bond acceptors (Lipinski definition) is 6. The van der Waals surface area contributed by atoms with E-state index in [4.69, 9.17) is 32.7 Å². The van der Waals surface area contributed by atoms with Gasteiger partial charge in [-0.2, -0.15) is 9.61 Å². The average molecular weight is 433 g/mol. The minimum atomic E-state index is 0.497. The number of ether oxygens (including phenoxy) is 2. The SMILES string of the molecule is COc1ccc(/C=C/c2nn3c(-c4ccc(Cl)cc4Cl)nnc3s2)cc1OC. The van der Waals surface area contributed by atoms with Gasteiger partial charge in [0.1, 0.15) is 5.01 Å². The first-order valence-corrected chi connectivity index (χ1v) is 9.74. The molecule has 4 aromatic rings. The first kappa shape index (κ1) is 18.7. The van der Waals surface area contributed by atoms with E-state index >= 15 is 0 Å². The highest BCUT2D eigenvalue weighted by Gasteiger charge is 2.15. The van der Waals surface area contributed by atoms with Gasteiger partial charge in [0, 0.05) is 10.6 Å². The highest BCUT2D eigenvalue weighted by atomic mass is 35.5. The lowest BCUT2D eigenvalue weighted by atomic mass is 10.2. The number of rotatable bonds is 5. The zero-order valence-electron chi connectivity index (χ0n) is 14.9. The second-order valence-corrected chi connectivity index (χ2v) is 7.56. The zero-order valence-corrected chi connectivity index (χ0v) is 17.2. The second kappa shape index (κ2) is 7.79. The van der Waals surface area contributed by atoms with Gasteiger partial charge in [-0.15, -0.1) is 10.2 Å². The highest BCUT2D eigenvalue weighted by Crippen LogP contribution is 2.31. The van der Waals surface area contributed by atoms with Crippen molar-refractivity contribution in [3.05, 3.63) is 57.0 Å². The maximum Gasteiger partial charge on any atom is 0.235 e. The van der Waals surface area contributed by atoms with Crippen molar-refractivity contribution >= 4 is 51.7 Å². The maximum atomic E-state index is 6.30. The Morgan fingerprint density at radius 1 is 0.964 bits per heavy atom. The molecule has 4 rings (SSSR count). The highest BCUT2D eigenvalue weighted by molar-refractivity contribution is 7.17. The van der Waals surface area contributed by atoms with Crippen LogP contribution in [0.3, 0.4) is 0 Å². The Kier molecular flexibility index (Phi) is 5.21. The Morgan fingerprint density at radius 3 is 2.54 bits per heavy atom. The molecule has 142 valence electrons. The fourth-order valence-corrected chi connectivity index (χ4v) is 3.90. The van der Waals surface area contributed by atoms with Gasteiger partial charge in [0.25, 0.3) is 0 Å². The van der Waals surface area contributed by atoms with Crippen molar-refractivity contribution in [3.8, 4) is 22.9 Å². The molecule has 0 amide bonds. The van der Waals surface area contributed by atoms with Gasteiger partial charge < -0.3 is 9.47 Å². The van der Waals surface area contributed by atoms with E-state index in [0.29, 0.717) is 32.3 Å². The van der Waals surface area contributed by atoms with Crippen molar-refractivity contribution in [2.24, 2.45) is 0 Å². The Bertz CT molecular complexity index is 1190. The van der Waals surface area contributed by atoms with Gasteiger partial charge in [-0.05, 0) is 42.0 Å². The summed E-state index contributed by atoms with van der Waals surface area (Å²) < 4.78 is 12.3. The van der Waals surface area contributed by atoms with Crippen molar-refractivity contribution < 1.29 is 9.47 Å². The van der Waals surface area contributed by atoms with Crippen LogP contribution in [0.15, 0.2) is 36.4 Å². The molecule has 0 N–H and O–H groups in total. The quantitative estimate of drug-likeness (QED) is 0.425. The minimum absolute atomic E-state index is 0.497. The molecular weight excluding hydrogens is 419 g/mol. The number of halogens is 2. The van der Waals surface area contributed by atoms with E-state index in [2.05, 4.69) is 15.3 Å². The van der Waals surface area contributed by atoms with Crippen LogP contribution in [0.1, 0.15) is 10.6 Å². The second-order valence-electron chi connectivity index (χ2n) is 5.73. The number of benzene rings is 2. The van der Waals surface area contributed by atoms with E-state index < -0.39 is 0 Å². The summed E-state index contributed by atoms with van der Waals surface area (Å²) in [4.78, 5) is 0.674. The predicted molar refractivity (Wildman–Crippen MR) is 113 cm³/mol. The number of hydrogen-bond donors (Lipinski definition) is 0. The number of fused-ring (bicyclic) bond motifs is 1. The lowest BCUT2D eigenvalue weighted by Gasteiger charge is -2.07. The fourth-order valence-electron chi connectivity index (χ4n) is 2.66. The molecule has 2 heterocycles. The summed E-state index contributed by atoms with van der Waals surface area (Å²) in [6.07, 6.45) is 3.86. The van der Waals surface area contributed by atoms with Crippen molar-refractivity contribution in [3.63, 3.8) is 0 Å². The Morgan fingerprint density at radius 2 is 1.79 bits per heavy atom. The summed E-state index contributed by atoms with van der Waals surface area (Å²) in [5.41, 5.74) is 1.68. The van der Waals surface area contributed by atoms with Gasteiger partial charge in [-0.25, -0.2) is 0 Å². The smallest absolute Gasteiger partial charge is 0.235 e. The Labute approximate surface area is 175 Å². The molecule has 0 aliphatic heterocycles. The number of methoxy groups -OCH3 is 2. The van der Waals surface area contributed by atoms with Crippen molar-refractivity contribution in [1.82, 2.24) is 19.8 Å². The molecule has 28 heavy (non-hydrogen) atoms. The third-order valence-electron chi connectivity index (χ3n) is 4.00. The Balaban J connectivity index is 1.66. The van der Waals surface area contributed by atoms with Crippen LogP contribution in [0.4, 0.5) is 0 Å². The van der Waals surface area contributed by atoms with Gasteiger partial charge in [0.15, 0.2) is 17.3 Å². The molecule has 9 heteroatoms. The first-order valence-electron chi connectivity index (χ1n) is 8.17. The van der Waals surface area contributed by atoms with E-state index in [1.807, 2.05) is 30.4 Å². The lowest BCUT2D eigenvalue weighted by molar-refractivity contribution is 0.355. The molecule has 0 unspecified atom stereocenters. The average Bonchev–Trinajstić information content (AvgIpc) is 3.27. The minimum Gasteiger partial charge on any atom is -0.493 e. The van der Waals surface area contributed by atoms with Crippen LogP contribution in [0.5, 0.6) is 11.5 Å². The van der Waals surface area contributed by atoms with Gasteiger partial charge in [0.2, 0.25) is 4.96 Å². The van der Waals surface area contributed by atoms with E-state index in [1.54, 1.807) is 36.9 Å². The summed E-state index contributed by atoms with van der Waals surface area (Å²) in [6.45, 7) is 0. The van der Waals surface area contributed by atoms with Crippen LogP contribution in [-0.2, 0) is 0 Å². The topological polar surface area (TPSA) is 61.5 Å². The number of aromatic nitrogens is 4. The fraction of sp³-hybridized carbons (Fsp3) is 0.105. The standard InChI is InChI=1S/C19H14Cl2N4O2S/c1-26-15-7-3-11(9-16(15)27-2)4-8-17-24-25-18(22-23-19(25)28-17)13-6-5-12(20)10-14(13)21/h3-10H,1-2H3/b8-4+. The molecule has 6 nitrogen and oxygen atoms in total. The molecule has 2 aromatic heterocycles. The van der Waals surface area contributed by atoms with Gasteiger partial charge in [0.05, 0.1) is 19.2 Å². The molecule has 0 aliphatic rings. The van der Waals surface area contributed by atoms with Crippen LogP contribution in [0.2, 0.25) is 10.0 Å². The van der Waals surface area contributed by atoms with Crippen LogP contribution in [-0.4, -0.2) is 34.0 Å². The molecule has 0 saturated carbocycles. The Hall–Kier alpha value is -2.61. The maximum absolute atomic E-state index is 6.30.